The maximum Gasteiger partial charge on any atom is 0.292 e. The molecule has 1 rings (SSSR count). The summed E-state index contributed by atoms with van der Waals surface area (Å²) in [6, 6.07) is 3.16. The van der Waals surface area contributed by atoms with Gasteiger partial charge in [0.1, 0.15) is 4.90 Å². The van der Waals surface area contributed by atoms with Crippen LogP contribution >= 0.6 is 0 Å². The van der Waals surface area contributed by atoms with E-state index in [1.807, 2.05) is 13.8 Å². The van der Waals surface area contributed by atoms with Crippen molar-refractivity contribution in [2.45, 2.75) is 18.7 Å². The van der Waals surface area contributed by atoms with E-state index < -0.39 is 26.3 Å². The summed E-state index contributed by atoms with van der Waals surface area (Å²) in [7, 11) is -1.53. The summed E-state index contributed by atoms with van der Waals surface area (Å²) >= 11 is 0. The average molecular weight is 272 g/mol. The van der Waals surface area contributed by atoms with E-state index in [4.69, 9.17) is 0 Å². The van der Waals surface area contributed by atoms with Crippen LogP contribution in [0.25, 0.3) is 0 Å². The molecule has 0 fully saturated rings. The molecule has 0 aromatic heterocycles. The molecule has 7 nitrogen and oxygen atoms in total. The fraction of sp³-hybridized carbons (Fsp3) is 0.400. The molecule has 1 aromatic carbocycles. The summed E-state index contributed by atoms with van der Waals surface area (Å²) in [4.78, 5) is 19.9. The first-order valence-corrected chi connectivity index (χ1v) is 6.46. The minimum absolute atomic E-state index is 0.0271. The highest BCUT2D eigenvalue weighted by molar-refractivity contribution is 7.85. The molecule has 0 bridgehead atoms. The van der Waals surface area contributed by atoms with Gasteiger partial charge >= 0.3 is 0 Å². The number of hydrogen-bond donors (Lipinski definition) is 0. The van der Waals surface area contributed by atoms with E-state index in [1.165, 1.54) is 6.07 Å². The molecule has 0 spiro atoms. The van der Waals surface area contributed by atoms with E-state index >= 15 is 0 Å². The Morgan fingerprint density at radius 2 is 1.83 bits per heavy atom. The predicted molar refractivity (Wildman–Crippen MR) is 65.9 cm³/mol. The van der Waals surface area contributed by atoms with E-state index in [-0.39, 0.29) is 22.3 Å². The molecule has 18 heavy (non-hydrogen) atoms. The monoisotopic (exact) mass is 272 g/mol. The van der Waals surface area contributed by atoms with Gasteiger partial charge in [-0.2, -0.15) is 0 Å². The molecule has 1 unspecified atom stereocenters. The van der Waals surface area contributed by atoms with Crippen molar-refractivity contribution in [3.8, 4) is 0 Å². The van der Waals surface area contributed by atoms with Crippen molar-refractivity contribution >= 4 is 22.2 Å². The molecule has 0 amide bonds. The third-order valence-electron chi connectivity index (χ3n) is 2.08. The third-order valence-corrected chi connectivity index (χ3v) is 3.89. The van der Waals surface area contributed by atoms with Gasteiger partial charge in [-0.15, -0.1) is 0 Å². The fourth-order valence-electron chi connectivity index (χ4n) is 1.35. The third kappa shape index (κ3) is 3.33. The van der Waals surface area contributed by atoms with Gasteiger partial charge in [0.2, 0.25) is 0 Å². The van der Waals surface area contributed by atoms with Crippen molar-refractivity contribution in [2.24, 2.45) is 5.92 Å². The highest BCUT2D eigenvalue weighted by atomic mass is 32.2. The SMILES string of the molecule is CC(C)CS(=O)c1ccc([N+](=O)[O-])cc1[N+](=O)[O-]. The van der Waals surface area contributed by atoms with Crippen LogP contribution in [0.3, 0.4) is 0 Å². The average Bonchev–Trinajstić information content (AvgIpc) is 2.26. The summed E-state index contributed by atoms with van der Waals surface area (Å²) in [6.07, 6.45) is 0. The molecule has 1 aromatic rings. The maximum absolute atomic E-state index is 11.9. The molecule has 0 aliphatic rings. The van der Waals surface area contributed by atoms with Crippen molar-refractivity contribution in [2.75, 3.05) is 5.75 Å². The van der Waals surface area contributed by atoms with Crippen LogP contribution in [0.2, 0.25) is 0 Å². The van der Waals surface area contributed by atoms with Crippen LogP contribution in [0, 0.1) is 26.1 Å². The van der Waals surface area contributed by atoms with Crippen molar-refractivity contribution in [3.05, 3.63) is 38.4 Å². The number of non-ortho nitro benzene ring substituents is 1. The van der Waals surface area contributed by atoms with Crippen LogP contribution in [0.5, 0.6) is 0 Å². The molecule has 0 saturated carbocycles. The molecule has 0 N–H and O–H groups in total. The second-order valence-electron chi connectivity index (χ2n) is 4.07. The van der Waals surface area contributed by atoms with Crippen LogP contribution < -0.4 is 0 Å². The second-order valence-corrected chi connectivity index (χ2v) is 5.54. The molecule has 0 saturated heterocycles. The minimum atomic E-state index is -1.53. The lowest BCUT2D eigenvalue weighted by molar-refractivity contribution is -0.396. The Kier molecular flexibility index (Phi) is 4.49. The van der Waals surface area contributed by atoms with Crippen LogP contribution in [-0.4, -0.2) is 19.8 Å². The van der Waals surface area contributed by atoms with Crippen molar-refractivity contribution in [1.29, 1.82) is 0 Å². The Labute approximate surface area is 106 Å². The van der Waals surface area contributed by atoms with E-state index in [1.54, 1.807) is 0 Å². The number of hydrogen-bond acceptors (Lipinski definition) is 5. The maximum atomic E-state index is 11.9. The molecule has 0 radical (unpaired) electrons. The molecule has 0 aliphatic carbocycles. The molecular weight excluding hydrogens is 260 g/mol. The number of nitro groups is 2. The summed E-state index contributed by atoms with van der Waals surface area (Å²) in [6.45, 7) is 3.68. The normalized spacial score (nSPS) is 12.4. The highest BCUT2D eigenvalue weighted by Crippen LogP contribution is 2.27. The summed E-state index contributed by atoms with van der Waals surface area (Å²) in [5.41, 5.74) is -0.852. The summed E-state index contributed by atoms with van der Waals surface area (Å²) in [5, 5.41) is 21.4. The topological polar surface area (TPSA) is 103 Å². The van der Waals surface area contributed by atoms with Crippen LogP contribution in [-0.2, 0) is 10.8 Å². The zero-order valence-electron chi connectivity index (χ0n) is 9.86. The van der Waals surface area contributed by atoms with Crippen molar-refractivity contribution in [1.82, 2.24) is 0 Å². The Morgan fingerprint density at radius 1 is 1.22 bits per heavy atom. The van der Waals surface area contributed by atoms with Gasteiger partial charge in [-0.3, -0.25) is 24.4 Å². The number of rotatable bonds is 5. The van der Waals surface area contributed by atoms with Gasteiger partial charge < -0.3 is 0 Å². The lowest BCUT2D eigenvalue weighted by Gasteiger charge is -2.05. The first-order valence-electron chi connectivity index (χ1n) is 5.14. The zero-order chi connectivity index (χ0) is 13.9. The predicted octanol–water partition coefficient (Wildman–Crippen LogP) is 2.27. The molecule has 98 valence electrons. The Hall–Kier alpha value is -1.83. The smallest absolute Gasteiger partial charge is 0.258 e. The van der Waals surface area contributed by atoms with Gasteiger partial charge in [0.15, 0.2) is 0 Å². The van der Waals surface area contributed by atoms with E-state index in [9.17, 15) is 24.4 Å². The Bertz CT molecular complexity index is 515. The lowest BCUT2D eigenvalue weighted by atomic mass is 10.3. The van der Waals surface area contributed by atoms with Crippen molar-refractivity contribution in [3.63, 3.8) is 0 Å². The standard InChI is InChI=1S/C10H12N2O5S/c1-7(2)6-18(17)10-4-3-8(11(13)14)5-9(10)12(15)16/h3-5,7H,6H2,1-2H3. The summed E-state index contributed by atoms with van der Waals surface area (Å²) in [5.74, 6) is 0.388. The van der Waals surface area contributed by atoms with E-state index in [0.29, 0.717) is 0 Å². The summed E-state index contributed by atoms with van der Waals surface area (Å²) < 4.78 is 11.9. The fourth-order valence-corrected chi connectivity index (χ4v) is 2.72. The van der Waals surface area contributed by atoms with Gasteiger partial charge in [0.25, 0.3) is 11.4 Å². The van der Waals surface area contributed by atoms with Crippen molar-refractivity contribution < 1.29 is 14.1 Å². The molecule has 1 atom stereocenters. The van der Waals surface area contributed by atoms with Gasteiger partial charge in [0.05, 0.1) is 26.7 Å². The molecular formula is C10H12N2O5S. The highest BCUT2D eigenvalue weighted by Gasteiger charge is 2.23. The Balaban J connectivity index is 3.23. The van der Waals surface area contributed by atoms with Crippen LogP contribution in [0.15, 0.2) is 23.1 Å². The number of nitro benzene ring substituents is 2. The Morgan fingerprint density at radius 3 is 2.28 bits per heavy atom. The minimum Gasteiger partial charge on any atom is -0.258 e. The van der Waals surface area contributed by atoms with Crippen LogP contribution in [0.4, 0.5) is 11.4 Å². The second kappa shape index (κ2) is 5.67. The quantitative estimate of drug-likeness (QED) is 0.604. The zero-order valence-corrected chi connectivity index (χ0v) is 10.7. The van der Waals surface area contributed by atoms with Crippen LogP contribution in [0.1, 0.15) is 13.8 Å². The first kappa shape index (κ1) is 14.2. The van der Waals surface area contributed by atoms with Gasteiger partial charge in [-0.05, 0) is 12.0 Å². The van der Waals surface area contributed by atoms with Gasteiger partial charge in [0, 0.05) is 11.8 Å². The van der Waals surface area contributed by atoms with Gasteiger partial charge in [-0.25, -0.2) is 0 Å². The van der Waals surface area contributed by atoms with E-state index in [2.05, 4.69) is 0 Å². The van der Waals surface area contributed by atoms with E-state index in [0.717, 1.165) is 12.1 Å². The van der Waals surface area contributed by atoms with Gasteiger partial charge in [-0.1, -0.05) is 13.8 Å². The molecule has 0 aliphatic heterocycles. The lowest BCUT2D eigenvalue weighted by Crippen LogP contribution is -2.07. The largest absolute Gasteiger partial charge is 0.292 e. The molecule has 8 heteroatoms. The number of benzene rings is 1. The molecule has 0 heterocycles. The first-order chi connectivity index (χ1) is 8.32. The number of nitrogens with zero attached hydrogens (tertiary/aromatic N) is 2.